The van der Waals surface area contributed by atoms with Crippen molar-refractivity contribution in [3.05, 3.63) is 89.6 Å². The van der Waals surface area contributed by atoms with Crippen LogP contribution in [0.4, 0.5) is 0 Å². The second-order valence-corrected chi connectivity index (χ2v) is 9.24. The van der Waals surface area contributed by atoms with E-state index in [2.05, 4.69) is 59.2 Å². The van der Waals surface area contributed by atoms with E-state index in [1.54, 1.807) is 6.20 Å². The van der Waals surface area contributed by atoms with E-state index >= 15 is 0 Å². The van der Waals surface area contributed by atoms with Crippen LogP contribution in [0.25, 0.3) is 16.9 Å². The monoisotopic (exact) mass is 518 g/mol. The summed E-state index contributed by atoms with van der Waals surface area (Å²) >= 11 is 5.90. The average Bonchev–Trinajstić information content (AvgIpc) is 3.36. The van der Waals surface area contributed by atoms with Crippen molar-refractivity contribution in [2.24, 2.45) is 0 Å². The molecule has 4 aromatic rings. The van der Waals surface area contributed by atoms with Crippen LogP contribution in [0.3, 0.4) is 0 Å². The molecule has 1 N–H and O–H groups in total. The predicted octanol–water partition coefficient (Wildman–Crippen LogP) is 6.54. The first-order valence-electron chi connectivity index (χ1n) is 13.0. The fraction of sp³-hybridized carbons (Fsp3) is 0.333. The lowest BCUT2D eigenvalue weighted by Crippen LogP contribution is -2.20. The molecule has 194 valence electrons. The van der Waals surface area contributed by atoms with Crippen LogP contribution in [-0.2, 0) is 12.8 Å². The van der Waals surface area contributed by atoms with Gasteiger partial charge in [0.05, 0.1) is 17.3 Å². The van der Waals surface area contributed by atoms with Crippen LogP contribution in [0, 0.1) is 0 Å². The second-order valence-electron chi connectivity index (χ2n) is 8.80. The Labute approximate surface area is 224 Å². The van der Waals surface area contributed by atoms with E-state index in [4.69, 9.17) is 26.1 Å². The number of aryl methyl sites for hydroxylation is 1. The van der Waals surface area contributed by atoms with E-state index in [1.807, 2.05) is 36.4 Å². The number of aromatic nitrogens is 3. The van der Waals surface area contributed by atoms with E-state index in [-0.39, 0.29) is 0 Å². The molecule has 0 spiro atoms. The molecule has 6 nitrogen and oxygen atoms in total. The topological polar surface area (TPSA) is 61.2 Å². The molecule has 0 amide bonds. The zero-order valence-corrected chi connectivity index (χ0v) is 22.4. The number of pyridine rings is 1. The lowest BCUT2D eigenvalue weighted by Gasteiger charge is -2.10. The van der Waals surface area contributed by atoms with Gasteiger partial charge in [0.1, 0.15) is 23.9 Å². The quantitative estimate of drug-likeness (QED) is 0.192. The fourth-order valence-electron chi connectivity index (χ4n) is 3.96. The summed E-state index contributed by atoms with van der Waals surface area (Å²) < 4.78 is 13.9. The Kier molecular flexibility index (Phi) is 9.97. The smallest absolute Gasteiger partial charge is 0.119 e. The van der Waals surface area contributed by atoms with Crippen LogP contribution in [-0.4, -0.2) is 40.8 Å². The van der Waals surface area contributed by atoms with Gasteiger partial charge in [0.15, 0.2) is 0 Å². The van der Waals surface area contributed by atoms with Gasteiger partial charge in [-0.2, -0.15) is 0 Å². The number of ether oxygens (including phenoxy) is 2. The SMILES string of the molecule is CCCCc1nc(-c2ccc(OCCc3ccc(Cl)cn3)cc2)cn1-c1ccc(OCCNCC)cc1. The van der Waals surface area contributed by atoms with Crippen LogP contribution in [0.2, 0.25) is 5.02 Å². The summed E-state index contributed by atoms with van der Waals surface area (Å²) in [5, 5.41) is 3.91. The molecule has 4 rings (SSSR count). The van der Waals surface area contributed by atoms with Gasteiger partial charge >= 0.3 is 0 Å². The Morgan fingerprint density at radius 2 is 1.59 bits per heavy atom. The van der Waals surface area contributed by atoms with Gasteiger partial charge in [-0.15, -0.1) is 0 Å². The van der Waals surface area contributed by atoms with Gasteiger partial charge in [-0.25, -0.2) is 4.98 Å². The fourth-order valence-corrected chi connectivity index (χ4v) is 4.07. The van der Waals surface area contributed by atoms with Gasteiger partial charge in [-0.05, 0) is 73.6 Å². The molecule has 0 saturated heterocycles. The minimum Gasteiger partial charge on any atom is -0.493 e. The minimum absolute atomic E-state index is 0.554. The van der Waals surface area contributed by atoms with E-state index in [0.29, 0.717) is 18.2 Å². The number of benzene rings is 2. The molecule has 2 aromatic heterocycles. The molecule has 0 radical (unpaired) electrons. The Morgan fingerprint density at radius 1 is 0.865 bits per heavy atom. The number of likely N-dealkylation sites (N-methyl/N-ethyl adjacent to an activating group) is 1. The van der Waals surface area contributed by atoms with Gasteiger partial charge in [-0.3, -0.25) is 4.98 Å². The Morgan fingerprint density at radius 3 is 2.27 bits per heavy atom. The Balaban J connectivity index is 1.42. The second kappa shape index (κ2) is 13.8. The zero-order valence-electron chi connectivity index (χ0n) is 21.6. The van der Waals surface area contributed by atoms with Gasteiger partial charge in [0.25, 0.3) is 0 Å². The number of rotatable bonds is 14. The number of hydrogen-bond acceptors (Lipinski definition) is 5. The predicted molar refractivity (Wildman–Crippen MR) is 150 cm³/mol. The van der Waals surface area contributed by atoms with E-state index in [0.717, 1.165) is 78.7 Å². The highest BCUT2D eigenvalue weighted by Gasteiger charge is 2.12. The third-order valence-corrected chi connectivity index (χ3v) is 6.23. The standard InChI is InChI=1S/C30H35ClN4O2/c1-3-5-6-30-34-29(22-35(30)26-11-15-28(16-12-26)37-20-18-32-4-2)23-7-13-27(14-8-23)36-19-17-25-10-9-24(31)21-33-25/h7-16,21-22,32H,3-6,17-20H2,1-2H3. The van der Waals surface area contributed by atoms with E-state index < -0.39 is 0 Å². The number of hydrogen-bond donors (Lipinski definition) is 1. The van der Waals surface area contributed by atoms with Gasteiger partial charge in [0, 0.05) is 48.7 Å². The highest BCUT2D eigenvalue weighted by molar-refractivity contribution is 6.30. The molecule has 2 aromatic carbocycles. The zero-order chi connectivity index (χ0) is 25.9. The maximum absolute atomic E-state index is 5.92. The molecular formula is C30H35ClN4O2. The van der Waals surface area contributed by atoms with Crippen molar-refractivity contribution in [2.75, 3.05) is 26.3 Å². The van der Waals surface area contributed by atoms with Crippen LogP contribution in [0.15, 0.2) is 73.1 Å². The lowest BCUT2D eigenvalue weighted by atomic mass is 10.1. The number of nitrogens with one attached hydrogen (secondary N) is 1. The first-order valence-corrected chi connectivity index (χ1v) is 13.4. The normalized spacial score (nSPS) is 11.0. The first kappa shape index (κ1) is 26.7. The van der Waals surface area contributed by atoms with E-state index in [9.17, 15) is 0 Å². The summed E-state index contributed by atoms with van der Waals surface area (Å²) in [5.74, 6) is 2.76. The van der Waals surface area contributed by atoms with Crippen LogP contribution >= 0.6 is 11.6 Å². The first-order chi connectivity index (χ1) is 18.2. The van der Waals surface area contributed by atoms with Crippen molar-refractivity contribution in [2.45, 2.75) is 39.5 Å². The average molecular weight is 519 g/mol. The molecule has 2 heterocycles. The van der Waals surface area contributed by atoms with Gasteiger partial charge in [0.2, 0.25) is 0 Å². The summed E-state index contributed by atoms with van der Waals surface area (Å²) in [4.78, 5) is 9.30. The van der Waals surface area contributed by atoms with Crippen molar-refractivity contribution >= 4 is 11.6 Å². The molecule has 7 heteroatoms. The number of imidazole rings is 1. The summed E-state index contributed by atoms with van der Waals surface area (Å²) in [5.41, 5.74) is 4.06. The molecule has 0 aliphatic rings. The Bertz CT molecular complexity index is 1220. The van der Waals surface area contributed by atoms with Gasteiger partial charge < -0.3 is 19.4 Å². The molecule has 0 atom stereocenters. The molecule has 0 saturated carbocycles. The molecule has 37 heavy (non-hydrogen) atoms. The van der Waals surface area contributed by atoms with E-state index in [1.165, 1.54) is 0 Å². The Hall–Kier alpha value is -3.35. The summed E-state index contributed by atoms with van der Waals surface area (Å²) in [6, 6.07) is 20.1. The summed E-state index contributed by atoms with van der Waals surface area (Å²) in [6.45, 7) is 7.29. The minimum atomic E-state index is 0.554. The molecule has 0 aliphatic heterocycles. The molecule has 0 aliphatic carbocycles. The highest BCUT2D eigenvalue weighted by Crippen LogP contribution is 2.26. The molecule has 0 unspecified atom stereocenters. The number of unbranched alkanes of at least 4 members (excludes halogenated alkanes) is 1. The maximum atomic E-state index is 5.92. The molecule has 0 bridgehead atoms. The van der Waals surface area contributed by atoms with Crippen LogP contribution in [0.5, 0.6) is 11.5 Å². The third kappa shape index (κ3) is 7.81. The van der Waals surface area contributed by atoms with Gasteiger partial charge in [-0.1, -0.05) is 31.9 Å². The number of halogens is 1. The van der Waals surface area contributed by atoms with Crippen molar-refractivity contribution in [1.82, 2.24) is 19.9 Å². The largest absolute Gasteiger partial charge is 0.493 e. The maximum Gasteiger partial charge on any atom is 0.119 e. The lowest BCUT2D eigenvalue weighted by molar-refractivity contribution is 0.315. The third-order valence-electron chi connectivity index (χ3n) is 6.01. The molecule has 0 fully saturated rings. The van der Waals surface area contributed by atoms with Crippen molar-refractivity contribution in [3.63, 3.8) is 0 Å². The number of nitrogens with zero attached hydrogens (tertiary/aromatic N) is 3. The highest BCUT2D eigenvalue weighted by atomic mass is 35.5. The summed E-state index contributed by atoms with van der Waals surface area (Å²) in [7, 11) is 0. The van der Waals surface area contributed by atoms with Crippen molar-refractivity contribution in [1.29, 1.82) is 0 Å². The summed E-state index contributed by atoms with van der Waals surface area (Å²) in [6.07, 6.45) is 7.65. The van der Waals surface area contributed by atoms with Crippen LogP contribution in [0.1, 0.15) is 38.2 Å². The van der Waals surface area contributed by atoms with Crippen LogP contribution < -0.4 is 14.8 Å². The van der Waals surface area contributed by atoms with Crippen molar-refractivity contribution in [3.8, 4) is 28.4 Å². The van der Waals surface area contributed by atoms with Crippen molar-refractivity contribution < 1.29 is 9.47 Å². The molecular weight excluding hydrogens is 484 g/mol.